The average molecular weight is 399 g/mol. The fourth-order valence-electron chi connectivity index (χ4n) is 2.66. The zero-order valence-electron chi connectivity index (χ0n) is 17.6. The van der Waals surface area contributed by atoms with Gasteiger partial charge in [-0.15, -0.1) is 0 Å². The Kier molecular flexibility index (Phi) is 8.07. The predicted octanol–water partition coefficient (Wildman–Crippen LogP) is 3.31. The number of amides is 2. The Balaban J connectivity index is 1.70. The highest BCUT2D eigenvalue weighted by Crippen LogP contribution is 2.24. The van der Waals surface area contributed by atoms with Crippen LogP contribution in [0.3, 0.4) is 0 Å². The standard InChI is InChI=1S/C23H30N2O4/c1-5-28-20-9-7-6-8-19(20)22(27)25-16-21(26)24-14-15-29-18-12-10-17(11-13-18)23(2,3)4/h6-13H,5,14-16H2,1-4H3,(H,24,26)(H,25,27). The lowest BCUT2D eigenvalue weighted by Gasteiger charge is -2.19. The van der Waals surface area contributed by atoms with E-state index in [9.17, 15) is 9.59 Å². The Morgan fingerprint density at radius 1 is 0.931 bits per heavy atom. The lowest BCUT2D eigenvalue weighted by atomic mass is 9.87. The molecule has 0 aliphatic heterocycles. The van der Waals surface area contributed by atoms with Gasteiger partial charge in [-0.05, 0) is 42.2 Å². The summed E-state index contributed by atoms with van der Waals surface area (Å²) in [4.78, 5) is 24.2. The Morgan fingerprint density at radius 3 is 2.28 bits per heavy atom. The molecular weight excluding hydrogens is 368 g/mol. The van der Waals surface area contributed by atoms with Crippen LogP contribution in [-0.4, -0.2) is 38.1 Å². The van der Waals surface area contributed by atoms with Crippen LogP contribution in [0.1, 0.15) is 43.6 Å². The first-order valence-electron chi connectivity index (χ1n) is 9.81. The molecule has 0 aromatic heterocycles. The van der Waals surface area contributed by atoms with Gasteiger partial charge in [0.05, 0.1) is 25.3 Å². The quantitative estimate of drug-likeness (QED) is 0.636. The molecular formula is C23H30N2O4. The van der Waals surface area contributed by atoms with E-state index in [1.54, 1.807) is 24.3 Å². The molecule has 2 aromatic rings. The van der Waals surface area contributed by atoms with Crippen molar-refractivity contribution in [3.8, 4) is 11.5 Å². The SMILES string of the molecule is CCOc1ccccc1C(=O)NCC(=O)NCCOc1ccc(C(C)(C)C)cc1. The summed E-state index contributed by atoms with van der Waals surface area (Å²) in [6, 6.07) is 14.9. The van der Waals surface area contributed by atoms with E-state index in [0.29, 0.717) is 31.1 Å². The van der Waals surface area contributed by atoms with E-state index in [1.165, 1.54) is 5.56 Å². The smallest absolute Gasteiger partial charge is 0.255 e. The zero-order chi connectivity index (χ0) is 21.3. The maximum atomic E-state index is 12.3. The molecule has 2 rings (SSSR count). The van der Waals surface area contributed by atoms with Crippen LogP contribution in [-0.2, 0) is 10.2 Å². The molecule has 0 aliphatic carbocycles. The first-order valence-corrected chi connectivity index (χ1v) is 9.81. The molecule has 29 heavy (non-hydrogen) atoms. The first kappa shape index (κ1) is 22.3. The Hall–Kier alpha value is -3.02. The molecule has 0 unspecified atom stereocenters. The van der Waals surface area contributed by atoms with E-state index in [1.807, 2.05) is 31.2 Å². The number of carbonyl (C=O) groups is 2. The molecule has 2 aromatic carbocycles. The molecule has 0 radical (unpaired) electrons. The molecule has 0 fully saturated rings. The van der Waals surface area contributed by atoms with Crippen molar-refractivity contribution in [2.45, 2.75) is 33.1 Å². The summed E-state index contributed by atoms with van der Waals surface area (Å²) in [5, 5.41) is 5.33. The maximum Gasteiger partial charge on any atom is 0.255 e. The molecule has 6 heteroatoms. The van der Waals surface area contributed by atoms with E-state index >= 15 is 0 Å². The molecule has 0 spiro atoms. The van der Waals surface area contributed by atoms with Crippen LogP contribution in [0.4, 0.5) is 0 Å². The van der Waals surface area contributed by atoms with Crippen LogP contribution in [0.25, 0.3) is 0 Å². The predicted molar refractivity (Wildman–Crippen MR) is 114 cm³/mol. The van der Waals surface area contributed by atoms with Crippen LogP contribution < -0.4 is 20.1 Å². The molecule has 2 amide bonds. The Morgan fingerprint density at radius 2 is 1.62 bits per heavy atom. The van der Waals surface area contributed by atoms with Gasteiger partial charge in [0.1, 0.15) is 18.1 Å². The van der Waals surface area contributed by atoms with Gasteiger partial charge in [0.2, 0.25) is 5.91 Å². The molecule has 0 heterocycles. The normalized spacial score (nSPS) is 10.9. The molecule has 0 saturated heterocycles. The summed E-state index contributed by atoms with van der Waals surface area (Å²) < 4.78 is 11.1. The number of benzene rings is 2. The summed E-state index contributed by atoms with van der Waals surface area (Å²) in [5.41, 5.74) is 1.74. The van der Waals surface area contributed by atoms with Crippen molar-refractivity contribution in [3.05, 3.63) is 59.7 Å². The van der Waals surface area contributed by atoms with E-state index in [4.69, 9.17) is 9.47 Å². The molecule has 156 valence electrons. The van der Waals surface area contributed by atoms with Crippen molar-refractivity contribution in [1.82, 2.24) is 10.6 Å². The fourth-order valence-corrected chi connectivity index (χ4v) is 2.66. The number of rotatable bonds is 9. The van der Waals surface area contributed by atoms with Crippen LogP contribution in [0.5, 0.6) is 11.5 Å². The third-order valence-corrected chi connectivity index (χ3v) is 4.25. The second-order valence-corrected chi connectivity index (χ2v) is 7.58. The highest BCUT2D eigenvalue weighted by molar-refractivity contribution is 5.98. The second kappa shape index (κ2) is 10.5. The molecule has 0 atom stereocenters. The minimum atomic E-state index is -0.348. The zero-order valence-corrected chi connectivity index (χ0v) is 17.6. The summed E-state index contributed by atoms with van der Waals surface area (Å²) in [5.74, 6) is 0.630. The average Bonchev–Trinajstić information content (AvgIpc) is 2.70. The molecule has 2 N–H and O–H groups in total. The largest absolute Gasteiger partial charge is 0.493 e. The molecule has 0 aliphatic rings. The number of hydrogen-bond donors (Lipinski definition) is 2. The lowest BCUT2D eigenvalue weighted by molar-refractivity contribution is -0.120. The lowest BCUT2D eigenvalue weighted by Crippen LogP contribution is -2.38. The summed E-state index contributed by atoms with van der Waals surface area (Å²) in [7, 11) is 0. The number of nitrogens with one attached hydrogen (secondary N) is 2. The van der Waals surface area contributed by atoms with Gasteiger partial charge in [-0.2, -0.15) is 0 Å². The van der Waals surface area contributed by atoms with Crippen molar-refractivity contribution in [2.75, 3.05) is 26.3 Å². The van der Waals surface area contributed by atoms with Gasteiger partial charge >= 0.3 is 0 Å². The van der Waals surface area contributed by atoms with Gasteiger partial charge in [0.15, 0.2) is 0 Å². The van der Waals surface area contributed by atoms with Gasteiger partial charge in [-0.25, -0.2) is 0 Å². The van der Waals surface area contributed by atoms with Crippen LogP contribution in [0.15, 0.2) is 48.5 Å². The van der Waals surface area contributed by atoms with Crippen LogP contribution in [0.2, 0.25) is 0 Å². The third-order valence-electron chi connectivity index (χ3n) is 4.25. The summed E-state index contributed by atoms with van der Waals surface area (Å²) >= 11 is 0. The van der Waals surface area contributed by atoms with E-state index < -0.39 is 0 Å². The Bertz CT molecular complexity index is 810. The number of para-hydroxylation sites is 1. The molecule has 6 nitrogen and oxygen atoms in total. The van der Waals surface area contributed by atoms with Crippen molar-refractivity contribution < 1.29 is 19.1 Å². The van der Waals surface area contributed by atoms with E-state index in [2.05, 4.69) is 31.4 Å². The Labute approximate surface area is 172 Å². The third kappa shape index (κ3) is 7.14. The monoisotopic (exact) mass is 398 g/mol. The van der Waals surface area contributed by atoms with Crippen LogP contribution in [0, 0.1) is 0 Å². The van der Waals surface area contributed by atoms with E-state index in [-0.39, 0.29) is 23.8 Å². The molecule has 0 saturated carbocycles. The molecule has 0 bridgehead atoms. The maximum absolute atomic E-state index is 12.3. The highest BCUT2D eigenvalue weighted by Gasteiger charge is 2.14. The minimum absolute atomic E-state index is 0.0973. The topological polar surface area (TPSA) is 76.7 Å². The fraction of sp³-hybridized carbons (Fsp3) is 0.391. The van der Waals surface area contributed by atoms with Gasteiger partial charge in [0, 0.05) is 0 Å². The minimum Gasteiger partial charge on any atom is -0.493 e. The van der Waals surface area contributed by atoms with Gasteiger partial charge < -0.3 is 20.1 Å². The van der Waals surface area contributed by atoms with Crippen molar-refractivity contribution in [3.63, 3.8) is 0 Å². The first-order chi connectivity index (χ1) is 13.8. The van der Waals surface area contributed by atoms with Gasteiger partial charge in [-0.1, -0.05) is 45.0 Å². The van der Waals surface area contributed by atoms with Crippen molar-refractivity contribution in [1.29, 1.82) is 0 Å². The van der Waals surface area contributed by atoms with Crippen LogP contribution >= 0.6 is 0 Å². The number of ether oxygens (including phenoxy) is 2. The van der Waals surface area contributed by atoms with Gasteiger partial charge in [-0.3, -0.25) is 9.59 Å². The summed E-state index contributed by atoms with van der Waals surface area (Å²) in [6.07, 6.45) is 0. The van der Waals surface area contributed by atoms with Crippen molar-refractivity contribution >= 4 is 11.8 Å². The highest BCUT2D eigenvalue weighted by atomic mass is 16.5. The van der Waals surface area contributed by atoms with Gasteiger partial charge in [0.25, 0.3) is 5.91 Å². The second-order valence-electron chi connectivity index (χ2n) is 7.58. The number of hydrogen-bond acceptors (Lipinski definition) is 4. The van der Waals surface area contributed by atoms with Crippen molar-refractivity contribution in [2.24, 2.45) is 0 Å². The summed E-state index contributed by atoms with van der Waals surface area (Å²) in [6.45, 7) is 9.38. The van der Waals surface area contributed by atoms with E-state index in [0.717, 1.165) is 5.75 Å². The number of carbonyl (C=O) groups excluding carboxylic acids is 2.